The van der Waals surface area contributed by atoms with Crippen LogP contribution in [0.4, 0.5) is 15.5 Å². The van der Waals surface area contributed by atoms with Crippen molar-refractivity contribution in [3.63, 3.8) is 0 Å². The SMILES string of the molecule is COc1ccc2c(c1)[C@@]1(O[C@H](CCn3cc(CCO)nn3)[C@@H]([Si](C)(C)F)[C@@H]1C)C(=O)N2Cc1cccc(N2CCNCC2=O)c1. The molecule has 3 aromatic rings. The van der Waals surface area contributed by atoms with E-state index in [4.69, 9.17) is 9.47 Å². The lowest BCUT2D eigenvalue weighted by molar-refractivity contribution is -0.146. The summed E-state index contributed by atoms with van der Waals surface area (Å²) in [5, 5.41) is 20.6. The van der Waals surface area contributed by atoms with Crippen LogP contribution in [0.2, 0.25) is 18.6 Å². The second-order valence-corrected chi connectivity index (χ2v) is 16.5. The summed E-state index contributed by atoms with van der Waals surface area (Å²) in [6, 6.07) is 13.3. The van der Waals surface area contributed by atoms with Crippen molar-refractivity contribution in [2.24, 2.45) is 5.92 Å². The van der Waals surface area contributed by atoms with Crippen molar-refractivity contribution < 1.29 is 28.3 Å². The van der Waals surface area contributed by atoms with Crippen LogP contribution in [0.3, 0.4) is 0 Å². The zero-order valence-electron chi connectivity index (χ0n) is 26.2. The number of halogens is 1. The number of aliphatic hydroxyl groups is 1. The zero-order chi connectivity index (χ0) is 31.9. The average molecular weight is 637 g/mol. The highest BCUT2D eigenvalue weighted by Gasteiger charge is 2.66. The summed E-state index contributed by atoms with van der Waals surface area (Å²) < 4.78 is 30.3. The predicted molar refractivity (Wildman–Crippen MR) is 169 cm³/mol. The molecule has 2 amide bonds. The number of amides is 2. The number of hydrogen-bond donors (Lipinski definition) is 2. The Morgan fingerprint density at radius 3 is 2.78 bits per heavy atom. The molecule has 3 aliphatic heterocycles. The summed E-state index contributed by atoms with van der Waals surface area (Å²) in [7, 11) is -1.76. The Morgan fingerprint density at radius 2 is 2.04 bits per heavy atom. The van der Waals surface area contributed by atoms with Gasteiger partial charge in [0.1, 0.15) is 5.75 Å². The van der Waals surface area contributed by atoms with Crippen LogP contribution in [-0.2, 0) is 39.4 Å². The van der Waals surface area contributed by atoms with Gasteiger partial charge in [0, 0.05) is 61.6 Å². The van der Waals surface area contributed by atoms with Gasteiger partial charge in [0.15, 0.2) is 5.60 Å². The third-order valence-electron chi connectivity index (χ3n) is 9.42. The van der Waals surface area contributed by atoms with Crippen LogP contribution in [0.1, 0.15) is 30.2 Å². The number of ether oxygens (including phenoxy) is 2. The molecule has 0 radical (unpaired) electrons. The summed E-state index contributed by atoms with van der Waals surface area (Å²) in [6.45, 7) is 7.57. The Morgan fingerprint density at radius 1 is 1.22 bits per heavy atom. The van der Waals surface area contributed by atoms with Crippen molar-refractivity contribution in [1.29, 1.82) is 0 Å². The number of anilines is 2. The molecule has 240 valence electrons. The summed E-state index contributed by atoms with van der Waals surface area (Å²) in [4.78, 5) is 30.8. The van der Waals surface area contributed by atoms with Gasteiger partial charge in [-0.3, -0.25) is 14.3 Å². The van der Waals surface area contributed by atoms with E-state index in [1.807, 2.05) is 49.4 Å². The molecule has 2 N–H and O–H groups in total. The molecule has 1 aromatic heterocycles. The Hall–Kier alpha value is -3.65. The molecule has 4 heterocycles. The van der Waals surface area contributed by atoms with Gasteiger partial charge in [0.05, 0.1) is 37.7 Å². The smallest absolute Gasteiger partial charge is 0.264 e. The van der Waals surface area contributed by atoms with Gasteiger partial charge in [-0.05, 0) is 55.4 Å². The highest BCUT2D eigenvalue weighted by molar-refractivity contribution is 6.72. The molecule has 4 atom stereocenters. The van der Waals surface area contributed by atoms with E-state index in [9.17, 15) is 14.7 Å². The molecule has 0 bridgehead atoms. The maximum atomic E-state index is 16.2. The predicted octanol–water partition coefficient (Wildman–Crippen LogP) is 3.17. The first-order valence-corrected chi connectivity index (χ1v) is 18.5. The fraction of sp³-hybridized carbons (Fsp3) is 0.500. The topological polar surface area (TPSA) is 122 Å². The Labute approximate surface area is 263 Å². The van der Waals surface area contributed by atoms with E-state index >= 15 is 4.11 Å². The molecule has 2 aromatic carbocycles. The van der Waals surface area contributed by atoms with Crippen LogP contribution in [0, 0.1) is 5.92 Å². The highest BCUT2D eigenvalue weighted by atomic mass is 28.4. The van der Waals surface area contributed by atoms with E-state index in [-0.39, 0.29) is 25.0 Å². The number of piperazine rings is 1. The standard InChI is InChI=1S/C32H41FN6O5Si/c1-21-30(45(3,4)33)28(10-13-37-20-23(11-15-40)35-36-37)44-32(21)26-17-25(43-2)8-9-27(26)39(31(32)42)19-22-6-5-7-24(16-22)38-14-12-34-18-29(38)41/h5-9,16-17,20-21,28,30,34,40H,10-15,18-19H2,1-4H3/t21-,28+,30-,32+/m0/s1. The molecule has 11 nitrogen and oxygen atoms in total. The van der Waals surface area contributed by atoms with Crippen molar-refractivity contribution in [1.82, 2.24) is 20.3 Å². The molecule has 2 fully saturated rings. The number of hydrogen-bond acceptors (Lipinski definition) is 8. The number of carbonyl (C=O) groups is 2. The first-order chi connectivity index (χ1) is 21.6. The fourth-order valence-electron chi connectivity index (χ4n) is 7.40. The number of aryl methyl sites for hydroxylation is 1. The Balaban J connectivity index is 1.34. The number of rotatable bonds is 10. The molecule has 1 spiro atoms. The van der Waals surface area contributed by atoms with Crippen LogP contribution in [0.25, 0.3) is 0 Å². The Bertz CT molecular complexity index is 1580. The van der Waals surface area contributed by atoms with E-state index in [0.29, 0.717) is 61.7 Å². The molecular weight excluding hydrogens is 595 g/mol. The fourth-order valence-corrected chi connectivity index (χ4v) is 9.94. The van der Waals surface area contributed by atoms with Gasteiger partial charge in [-0.15, -0.1) is 5.10 Å². The lowest BCUT2D eigenvalue weighted by Crippen LogP contribution is -2.48. The summed E-state index contributed by atoms with van der Waals surface area (Å²) >= 11 is 0. The summed E-state index contributed by atoms with van der Waals surface area (Å²) in [5.41, 5.74) is 1.90. The molecule has 0 saturated carbocycles. The van der Waals surface area contributed by atoms with Crippen molar-refractivity contribution in [2.75, 3.05) is 43.2 Å². The van der Waals surface area contributed by atoms with Crippen molar-refractivity contribution in [3.05, 3.63) is 65.5 Å². The molecule has 0 aliphatic carbocycles. The normalized spacial score (nSPS) is 25.0. The number of nitrogens with zero attached hydrogens (tertiary/aromatic N) is 5. The minimum Gasteiger partial charge on any atom is -0.497 e. The molecule has 6 rings (SSSR count). The van der Waals surface area contributed by atoms with Gasteiger partial charge < -0.3 is 33.8 Å². The van der Waals surface area contributed by atoms with Crippen molar-refractivity contribution >= 4 is 31.6 Å². The second kappa shape index (κ2) is 12.3. The first-order valence-electron chi connectivity index (χ1n) is 15.5. The number of methoxy groups -OCH3 is 1. The molecule has 0 unspecified atom stereocenters. The maximum Gasteiger partial charge on any atom is 0.264 e. The van der Waals surface area contributed by atoms with Gasteiger partial charge in [0.2, 0.25) is 14.3 Å². The number of fused-ring (bicyclic) bond motifs is 2. The van der Waals surface area contributed by atoms with Gasteiger partial charge in [-0.25, -0.2) is 0 Å². The Kier molecular flexibility index (Phi) is 8.54. The quantitative estimate of drug-likeness (QED) is 0.257. The minimum atomic E-state index is -3.34. The van der Waals surface area contributed by atoms with Crippen LogP contribution >= 0.6 is 0 Å². The molecule has 45 heavy (non-hydrogen) atoms. The monoisotopic (exact) mass is 636 g/mol. The van der Waals surface area contributed by atoms with Crippen molar-refractivity contribution in [2.45, 2.75) is 63.2 Å². The largest absolute Gasteiger partial charge is 0.497 e. The maximum absolute atomic E-state index is 16.2. The van der Waals surface area contributed by atoms with Gasteiger partial charge in [-0.1, -0.05) is 24.3 Å². The zero-order valence-corrected chi connectivity index (χ0v) is 27.2. The number of aliphatic hydroxyl groups excluding tert-OH is 1. The van der Waals surface area contributed by atoms with Crippen LogP contribution in [-0.4, -0.2) is 79.8 Å². The van der Waals surface area contributed by atoms with Gasteiger partial charge in [-0.2, -0.15) is 0 Å². The summed E-state index contributed by atoms with van der Waals surface area (Å²) in [5.74, 6) is -0.0685. The van der Waals surface area contributed by atoms with Crippen LogP contribution < -0.4 is 19.9 Å². The third-order valence-corrected chi connectivity index (χ3v) is 11.9. The van der Waals surface area contributed by atoms with E-state index in [1.54, 1.807) is 40.9 Å². The molecule has 13 heteroatoms. The lowest BCUT2D eigenvalue weighted by Gasteiger charge is -2.31. The molecular formula is C32H41FN6O5Si. The number of benzene rings is 2. The van der Waals surface area contributed by atoms with E-state index in [2.05, 4.69) is 15.6 Å². The molecule has 3 aliphatic rings. The highest BCUT2D eigenvalue weighted by Crippen LogP contribution is 2.60. The number of nitrogens with one attached hydrogen (secondary N) is 1. The number of carbonyl (C=O) groups excluding carboxylic acids is 2. The van der Waals surface area contributed by atoms with E-state index in [1.165, 1.54) is 0 Å². The summed E-state index contributed by atoms with van der Waals surface area (Å²) in [6.07, 6.45) is 2.11. The average Bonchev–Trinajstić information content (AvgIpc) is 3.66. The lowest BCUT2D eigenvalue weighted by atomic mass is 9.82. The number of aromatic nitrogens is 3. The van der Waals surface area contributed by atoms with Gasteiger partial charge in [0.25, 0.3) is 5.91 Å². The van der Waals surface area contributed by atoms with E-state index in [0.717, 1.165) is 11.3 Å². The van der Waals surface area contributed by atoms with Crippen molar-refractivity contribution in [3.8, 4) is 5.75 Å². The first kappa shape index (κ1) is 31.3. The molecule has 2 saturated heterocycles. The van der Waals surface area contributed by atoms with Gasteiger partial charge >= 0.3 is 0 Å². The third kappa shape index (κ3) is 5.66. The van der Waals surface area contributed by atoms with Crippen LogP contribution in [0.15, 0.2) is 48.7 Å². The van der Waals surface area contributed by atoms with E-state index < -0.39 is 31.6 Å². The minimum absolute atomic E-state index is 0.00539. The van der Waals surface area contributed by atoms with Crippen LogP contribution in [0.5, 0.6) is 5.75 Å². The second-order valence-electron chi connectivity index (χ2n) is 12.7.